The summed E-state index contributed by atoms with van der Waals surface area (Å²) in [6.07, 6.45) is 1.01. The van der Waals surface area contributed by atoms with Gasteiger partial charge in [-0.3, -0.25) is 0 Å². The average molecular weight is 302 g/mol. The molecule has 0 saturated carbocycles. The van der Waals surface area contributed by atoms with Gasteiger partial charge in [0, 0.05) is 42.6 Å². The van der Waals surface area contributed by atoms with Crippen molar-refractivity contribution < 1.29 is 9.47 Å². The minimum Gasteiger partial charge on any atom is -0.385 e. The fourth-order valence-corrected chi connectivity index (χ4v) is 2.04. The maximum atomic E-state index is 5.30. The molecule has 0 unspecified atom stereocenters. The Kier molecular flexibility index (Phi) is 7.24. The number of rotatable bonds is 8. The molecule has 17 heavy (non-hydrogen) atoms. The van der Waals surface area contributed by atoms with Gasteiger partial charge in [-0.2, -0.15) is 0 Å². The van der Waals surface area contributed by atoms with Crippen LogP contribution in [0.2, 0.25) is 0 Å². The molecule has 4 heteroatoms. The molecule has 0 heterocycles. The molecule has 0 saturated heterocycles. The summed E-state index contributed by atoms with van der Waals surface area (Å²) in [5.74, 6) is 0. The maximum Gasteiger partial charge on any atom is 0.0744 e. The SMILES string of the molecule is CCOCCCNc1cccc(Br)c1COC. The van der Waals surface area contributed by atoms with Gasteiger partial charge in [-0.1, -0.05) is 22.0 Å². The van der Waals surface area contributed by atoms with Crippen molar-refractivity contribution in [3.63, 3.8) is 0 Å². The van der Waals surface area contributed by atoms with Gasteiger partial charge < -0.3 is 14.8 Å². The van der Waals surface area contributed by atoms with E-state index in [1.807, 2.05) is 19.1 Å². The Morgan fingerprint density at radius 1 is 1.35 bits per heavy atom. The van der Waals surface area contributed by atoms with Crippen LogP contribution in [-0.4, -0.2) is 26.9 Å². The molecule has 0 aliphatic rings. The molecule has 1 aromatic rings. The zero-order valence-electron chi connectivity index (χ0n) is 10.5. The summed E-state index contributed by atoms with van der Waals surface area (Å²) < 4.78 is 11.6. The van der Waals surface area contributed by atoms with Crippen LogP contribution in [0.15, 0.2) is 22.7 Å². The molecule has 1 rings (SSSR count). The Hall–Kier alpha value is -0.580. The average Bonchev–Trinajstić information content (AvgIpc) is 2.33. The summed E-state index contributed by atoms with van der Waals surface area (Å²) in [5, 5.41) is 3.41. The molecule has 0 amide bonds. The molecule has 0 radical (unpaired) electrons. The lowest BCUT2D eigenvalue weighted by Gasteiger charge is -2.13. The van der Waals surface area contributed by atoms with Gasteiger partial charge in [-0.25, -0.2) is 0 Å². The predicted octanol–water partition coefficient (Wildman–Crippen LogP) is 3.43. The molecule has 1 N–H and O–H groups in total. The van der Waals surface area contributed by atoms with Crippen molar-refractivity contribution in [1.29, 1.82) is 0 Å². The zero-order valence-corrected chi connectivity index (χ0v) is 12.0. The second-order valence-electron chi connectivity index (χ2n) is 3.68. The van der Waals surface area contributed by atoms with E-state index >= 15 is 0 Å². The molecule has 1 aromatic carbocycles. The van der Waals surface area contributed by atoms with E-state index in [1.54, 1.807) is 7.11 Å². The van der Waals surface area contributed by atoms with Crippen molar-refractivity contribution in [2.24, 2.45) is 0 Å². The number of anilines is 1. The molecule has 3 nitrogen and oxygen atoms in total. The molecule has 96 valence electrons. The number of halogens is 1. The Labute approximate surface area is 112 Å². The van der Waals surface area contributed by atoms with Crippen LogP contribution in [0.3, 0.4) is 0 Å². The van der Waals surface area contributed by atoms with Gasteiger partial charge in [0.25, 0.3) is 0 Å². The fraction of sp³-hybridized carbons (Fsp3) is 0.538. The molecule has 0 fully saturated rings. The van der Waals surface area contributed by atoms with E-state index in [2.05, 4.69) is 27.3 Å². The number of hydrogen-bond donors (Lipinski definition) is 1. The van der Waals surface area contributed by atoms with E-state index in [-0.39, 0.29) is 0 Å². The summed E-state index contributed by atoms with van der Waals surface area (Å²) >= 11 is 3.54. The molecule has 0 aliphatic heterocycles. The number of hydrogen-bond acceptors (Lipinski definition) is 3. The lowest BCUT2D eigenvalue weighted by Crippen LogP contribution is -2.08. The Bertz CT molecular complexity index is 331. The molecule has 0 atom stereocenters. The molecule has 0 spiro atoms. The first kappa shape index (κ1) is 14.5. The van der Waals surface area contributed by atoms with Gasteiger partial charge in [0.15, 0.2) is 0 Å². The number of benzene rings is 1. The van der Waals surface area contributed by atoms with E-state index in [0.717, 1.165) is 41.9 Å². The first-order valence-corrected chi connectivity index (χ1v) is 6.66. The van der Waals surface area contributed by atoms with Crippen LogP contribution in [0.25, 0.3) is 0 Å². The Balaban J connectivity index is 2.48. The highest BCUT2D eigenvalue weighted by Crippen LogP contribution is 2.25. The lowest BCUT2D eigenvalue weighted by atomic mass is 10.2. The Morgan fingerprint density at radius 3 is 2.88 bits per heavy atom. The van der Waals surface area contributed by atoms with Crippen molar-refractivity contribution in [1.82, 2.24) is 0 Å². The van der Waals surface area contributed by atoms with Crippen LogP contribution in [0, 0.1) is 0 Å². The van der Waals surface area contributed by atoms with Crippen LogP contribution < -0.4 is 5.32 Å². The van der Waals surface area contributed by atoms with Gasteiger partial charge >= 0.3 is 0 Å². The molecular formula is C13H20BrNO2. The smallest absolute Gasteiger partial charge is 0.0744 e. The van der Waals surface area contributed by atoms with Crippen LogP contribution >= 0.6 is 15.9 Å². The highest BCUT2D eigenvalue weighted by molar-refractivity contribution is 9.10. The molecule has 0 bridgehead atoms. The van der Waals surface area contributed by atoms with Crippen LogP contribution in [0.4, 0.5) is 5.69 Å². The Morgan fingerprint density at radius 2 is 2.18 bits per heavy atom. The van der Waals surface area contributed by atoms with Crippen molar-refractivity contribution in [2.75, 3.05) is 32.2 Å². The van der Waals surface area contributed by atoms with Crippen LogP contribution in [-0.2, 0) is 16.1 Å². The van der Waals surface area contributed by atoms with Crippen molar-refractivity contribution in [2.45, 2.75) is 20.0 Å². The van der Waals surface area contributed by atoms with Crippen molar-refractivity contribution >= 4 is 21.6 Å². The van der Waals surface area contributed by atoms with Crippen molar-refractivity contribution in [3.05, 3.63) is 28.2 Å². The molecule has 0 aliphatic carbocycles. The van der Waals surface area contributed by atoms with Gasteiger partial charge in [-0.05, 0) is 25.5 Å². The van der Waals surface area contributed by atoms with Crippen LogP contribution in [0.5, 0.6) is 0 Å². The second kappa shape index (κ2) is 8.50. The highest BCUT2D eigenvalue weighted by Gasteiger charge is 2.05. The monoisotopic (exact) mass is 301 g/mol. The van der Waals surface area contributed by atoms with Gasteiger partial charge in [-0.15, -0.1) is 0 Å². The van der Waals surface area contributed by atoms with Crippen molar-refractivity contribution in [3.8, 4) is 0 Å². The minimum absolute atomic E-state index is 0.606. The topological polar surface area (TPSA) is 30.5 Å². The van der Waals surface area contributed by atoms with Gasteiger partial charge in [0.2, 0.25) is 0 Å². The number of methoxy groups -OCH3 is 1. The summed E-state index contributed by atoms with van der Waals surface area (Å²) in [5.41, 5.74) is 2.28. The van der Waals surface area contributed by atoms with E-state index in [1.165, 1.54) is 0 Å². The zero-order chi connectivity index (χ0) is 12.5. The number of ether oxygens (including phenoxy) is 2. The van der Waals surface area contributed by atoms with E-state index in [0.29, 0.717) is 6.61 Å². The minimum atomic E-state index is 0.606. The standard InChI is InChI=1S/C13H20BrNO2/c1-3-17-9-5-8-15-13-7-4-6-12(14)11(13)10-16-2/h4,6-7,15H,3,5,8-10H2,1-2H3. The summed E-state index contributed by atoms with van der Waals surface area (Å²) in [6, 6.07) is 6.12. The third-order valence-electron chi connectivity index (χ3n) is 2.39. The first-order valence-electron chi connectivity index (χ1n) is 5.87. The summed E-state index contributed by atoms with van der Waals surface area (Å²) in [4.78, 5) is 0. The highest BCUT2D eigenvalue weighted by atomic mass is 79.9. The quantitative estimate of drug-likeness (QED) is 0.746. The van der Waals surface area contributed by atoms with Gasteiger partial charge in [0.05, 0.1) is 6.61 Å². The van der Waals surface area contributed by atoms with Crippen LogP contribution in [0.1, 0.15) is 18.9 Å². The van der Waals surface area contributed by atoms with E-state index in [4.69, 9.17) is 9.47 Å². The predicted molar refractivity (Wildman–Crippen MR) is 74.5 cm³/mol. The number of nitrogens with one attached hydrogen (secondary N) is 1. The summed E-state index contributed by atoms with van der Waals surface area (Å²) in [7, 11) is 1.71. The third kappa shape index (κ3) is 5.06. The van der Waals surface area contributed by atoms with E-state index < -0.39 is 0 Å². The first-order chi connectivity index (χ1) is 8.29. The second-order valence-corrected chi connectivity index (χ2v) is 4.53. The molecular weight excluding hydrogens is 282 g/mol. The maximum absolute atomic E-state index is 5.30. The summed E-state index contributed by atoms with van der Waals surface area (Å²) in [6.45, 7) is 5.11. The van der Waals surface area contributed by atoms with Gasteiger partial charge in [0.1, 0.15) is 0 Å². The normalized spacial score (nSPS) is 10.5. The molecule has 0 aromatic heterocycles. The fourth-order valence-electron chi connectivity index (χ4n) is 1.56. The largest absolute Gasteiger partial charge is 0.385 e. The van der Waals surface area contributed by atoms with E-state index in [9.17, 15) is 0 Å². The third-order valence-corrected chi connectivity index (χ3v) is 3.14. The lowest BCUT2D eigenvalue weighted by molar-refractivity contribution is 0.147.